The van der Waals surface area contributed by atoms with E-state index in [9.17, 15) is 19.7 Å². The zero-order valence-corrected chi connectivity index (χ0v) is 13.2. The average Bonchev–Trinajstić information content (AvgIpc) is 2.56. The number of anilines is 1. The molecule has 9 heteroatoms. The van der Waals surface area contributed by atoms with Crippen molar-refractivity contribution in [3.63, 3.8) is 0 Å². The highest BCUT2D eigenvalue weighted by atomic mass is 16.6. The zero-order valence-electron chi connectivity index (χ0n) is 13.2. The molecular formula is C15H19N3O6. The summed E-state index contributed by atoms with van der Waals surface area (Å²) in [6, 6.07) is 3.44. The summed E-state index contributed by atoms with van der Waals surface area (Å²) in [5.74, 6) is -1.21. The third kappa shape index (κ3) is 4.12. The highest BCUT2D eigenvalue weighted by Crippen LogP contribution is 2.30. The maximum absolute atomic E-state index is 12.4. The lowest BCUT2D eigenvalue weighted by atomic mass is 9.99. The summed E-state index contributed by atoms with van der Waals surface area (Å²) < 4.78 is 5.37. The van der Waals surface area contributed by atoms with Gasteiger partial charge in [0.15, 0.2) is 0 Å². The van der Waals surface area contributed by atoms with E-state index in [2.05, 4.69) is 5.32 Å². The lowest BCUT2D eigenvalue weighted by molar-refractivity contribution is -0.384. The molecule has 0 spiro atoms. The van der Waals surface area contributed by atoms with Gasteiger partial charge in [-0.15, -0.1) is 0 Å². The van der Waals surface area contributed by atoms with E-state index in [0.29, 0.717) is 31.7 Å². The lowest BCUT2D eigenvalue weighted by Gasteiger charge is -2.30. The van der Waals surface area contributed by atoms with Gasteiger partial charge in [-0.3, -0.25) is 14.9 Å². The van der Waals surface area contributed by atoms with Crippen molar-refractivity contribution in [1.29, 1.82) is 0 Å². The Kier molecular flexibility index (Phi) is 5.56. The largest absolute Gasteiger partial charge is 0.492 e. The number of carboxylic acid groups (broad SMARTS) is 1. The molecule has 1 heterocycles. The summed E-state index contributed by atoms with van der Waals surface area (Å²) in [4.78, 5) is 35.2. The molecule has 1 atom stereocenters. The van der Waals surface area contributed by atoms with E-state index < -0.39 is 22.8 Å². The molecule has 1 aromatic carbocycles. The minimum absolute atomic E-state index is 0.111. The fourth-order valence-electron chi connectivity index (χ4n) is 2.57. The molecule has 130 valence electrons. The number of carbonyl (C=O) groups is 2. The van der Waals surface area contributed by atoms with Gasteiger partial charge in [-0.2, -0.15) is 0 Å². The second-order valence-electron chi connectivity index (χ2n) is 5.42. The van der Waals surface area contributed by atoms with Gasteiger partial charge >= 0.3 is 12.0 Å². The highest BCUT2D eigenvalue weighted by Gasteiger charge is 2.28. The number of nitro benzene ring substituents is 1. The Morgan fingerprint density at radius 2 is 2.25 bits per heavy atom. The first-order chi connectivity index (χ1) is 11.4. The third-order valence-electron chi connectivity index (χ3n) is 3.77. The average molecular weight is 337 g/mol. The van der Waals surface area contributed by atoms with Crippen LogP contribution in [0.4, 0.5) is 16.2 Å². The van der Waals surface area contributed by atoms with Crippen LogP contribution in [0.5, 0.6) is 5.75 Å². The minimum Gasteiger partial charge on any atom is -0.492 e. The zero-order chi connectivity index (χ0) is 17.7. The van der Waals surface area contributed by atoms with E-state index in [-0.39, 0.29) is 17.9 Å². The highest BCUT2D eigenvalue weighted by molar-refractivity contribution is 5.92. The molecule has 2 rings (SSSR count). The van der Waals surface area contributed by atoms with E-state index in [1.165, 1.54) is 23.1 Å². The normalized spacial score (nSPS) is 17.2. The van der Waals surface area contributed by atoms with Gasteiger partial charge in [0.1, 0.15) is 5.75 Å². The standard InChI is InChI=1S/C15H19N3O6/c1-2-24-13-6-5-11(18(22)23)8-12(13)16-15(21)17-7-3-4-10(9-17)14(19)20/h5-6,8,10H,2-4,7,9H2,1H3,(H,16,21)(H,19,20). The number of ether oxygens (including phenoxy) is 1. The Bertz CT molecular complexity index is 648. The number of non-ortho nitro benzene ring substituents is 1. The quantitative estimate of drug-likeness (QED) is 0.628. The number of nitrogens with one attached hydrogen (secondary N) is 1. The number of aliphatic carboxylic acids is 1. The summed E-state index contributed by atoms with van der Waals surface area (Å²) in [5.41, 5.74) is 0.0179. The van der Waals surface area contributed by atoms with Crippen molar-refractivity contribution in [1.82, 2.24) is 4.90 Å². The molecule has 0 radical (unpaired) electrons. The van der Waals surface area contributed by atoms with Gasteiger partial charge in [0.25, 0.3) is 5.69 Å². The Labute approximate surface area is 138 Å². The molecule has 0 saturated carbocycles. The SMILES string of the molecule is CCOc1ccc([N+](=O)[O-])cc1NC(=O)N1CCCC(C(=O)O)C1. The van der Waals surface area contributed by atoms with Crippen molar-refractivity contribution in [2.75, 3.05) is 25.0 Å². The molecule has 1 saturated heterocycles. The summed E-state index contributed by atoms with van der Waals surface area (Å²) in [6.07, 6.45) is 1.12. The van der Waals surface area contributed by atoms with E-state index in [0.717, 1.165) is 0 Å². The van der Waals surface area contributed by atoms with E-state index in [1.54, 1.807) is 6.92 Å². The first kappa shape index (κ1) is 17.5. The number of nitro groups is 1. The second kappa shape index (κ2) is 7.62. The number of carboxylic acids is 1. The van der Waals surface area contributed by atoms with Crippen LogP contribution in [0.25, 0.3) is 0 Å². The number of benzene rings is 1. The van der Waals surface area contributed by atoms with Crippen molar-refractivity contribution in [3.05, 3.63) is 28.3 Å². The van der Waals surface area contributed by atoms with Gasteiger partial charge in [0, 0.05) is 25.2 Å². The summed E-state index contributed by atoms with van der Waals surface area (Å²) in [6.45, 7) is 2.65. The second-order valence-corrected chi connectivity index (χ2v) is 5.42. The topological polar surface area (TPSA) is 122 Å². The van der Waals surface area contributed by atoms with Crippen LogP contribution in [-0.2, 0) is 4.79 Å². The molecule has 24 heavy (non-hydrogen) atoms. The van der Waals surface area contributed by atoms with Crippen LogP contribution < -0.4 is 10.1 Å². The number of nitrogens with zero attached hydrogens (tertiary/aromatic N) is 2. The molecule has 9 nitrogen and oxygen atoms in total. The Hall–Kier alpha value is -2.84. The maximum atomic E-state index is 12.4. The Balaban J connectivity index is 2.16. The fraction of sp³-hybridized carbons (Fsp3) is 0.467. The molecule has 1 aliphatic heterocycles. The molecule has 2 N–H and O–H groups in total. The van der Waals surface area contributed by atoms with Crippen LogP contribution in [0, 0.1) is 16.0 Å². The van der Waals surface area contributed by atoms with Crippen LogP contribution in [0.15, 0.2) is 18.2 Å². The molecule has 0 aliphatic carbocycles. The number of amides is 2. The Morgan fingerprint density at radius 3 is 2.88 bits per heavy atom. The maximum Gasteiger partial charge on any atom is 0.321 e. The Morgan fingerprint density at radius 1 is 1.50 bits per heavy atom. The lowest BCUT2D eigenvalue weighted by Crippen LogP contribution is -2.44. The first-order valence-corrected chi connectivity index (χ1v) is 7.62. The summed E-state index contributed by atoms with van der Waals surface area (Å²) in [7, 11) is 0. The predicted molar refractivity (Wildman–Crippen MR) is 85.2 cm³/mol. The monoisotopic (exact) mass is 337 g/mol. The van der Waals surface area contributed by atoms with Gasteiger partial charge in [-0.05, 0) is 25.8 Å². The smallest absolute Gasteiger partial charge is 0.321 e. The molecule has 0 bridgehead atoms. The van der Waals surface area contributed by atoms with Gasteiger partial charge in [0.2, 0.25) is 0 Å². The number of urea groups is 1. The van der Waals surface area contributed by atoms with Crippen LogP contribution in [0.2, 0.25) is 0 Å². The molecule has 1 aromatic rings. The fourth-order valence-corrected chi connectivity index (χ4v) is 2.57. The van der Waals surface area contributed by atoms with Crippen molar-refractivity contribution >= 4 is 23.4 Å². The van der Waals surface area contributed by atoms with Crippen LogP contribution in [0.1, 0.15) is 19.8 Å². The predicted octanol–water partition coefficient (Wildman–Crippen LogP) is 2.32. The van der Waals surface area contributed by atoms with Crippen molar-refractivity contribution in [2.24, 2.45) is 5.92 Å². The number of carbonyl (C=O) groups excluding carboxylic acids is 1. The number of rotatable bonds is 5. The first-order valence-electron chi connectivity index (χ1n) is 7.62. The van der Waals surface area contributed by atoms with Gasteiger partial charge < -0.3 is 20.1 Å². The van der Waals surface area contributed by atoms with Crippen molar-refractivity contribution in [2.45, 2.75) is 19.8 Å². The van der Waals surface area contributed by atoms with Crippen LogP contribution in [0.3, 0.4) is 0 Å². The molecule has 1 fully saturated rings. The van der Waals surface area contributed by atoms with Crippen molar-refractivity contribution in [3.8, 4) is 5.75 Å². The minimum atomic E-state index is -0.933. The summed E-state index contributed by atoms with van der Waals surface area (Å²) >= 11 is 0. The van der Waals surface area contributed by atoms with Gasteiger partial charge in [-0.25, -0.2) is 4.79 Å². The molecule has 1 unspecified atom stereocenters. The van der Waals surface area contributed by atoms with Crippen molar-refractivity contribution < 1.29 is 24.4 Å². The number of hydrogen-bond donors (Lipinski definition) is 2. The van der Waals surface area contributed by atoms with E-state index >= 15 is 0 Å². The van der Waals surface area contributed by atoms with E-state index in [1.807, 2.05) is 0 Å². The van der Waals surface area contributed by atoms with Crippen LogP contribution >= 0.6 is 0 Å². The molecule has 0 aromatic heterocycles. The van der Waals surface area contributed by atoms with Crippen LogP contribution in [-0.4, -0.2) is 46.6 Å². The molecular weight excluding hydrogens is 318 g/mol. The number of piperidine rings is 1. The number of likely N-dealkylation sites (tertiary alicyclic amines) is 1. The number of hydrogen-bond acceptors (Lipinski definition) is 5. The molecule has 2 amide bonds. The van der Waals surface area contributed by atoms with E-state index in [4.69, 9.17) is 9.84 Å². The van der Waals surface area contributed by atoms with Gasteiger partial charge in [0.05, 0.1) is 23.1 Å². The van der Waals surface area contributed by atoms with Gasteiger partial charge in [-0.1, -0.05) is 0 Å². The summed E-state index contributed by atoms with van der Waals surface area (Å²) in [5, 5.41) is 22.6. The third-order valence-corrected chi connectivity index (χ3v) is 3.77. The molecule has 1 aliphatic rings.